The highest BCUT2D eigenvalue weighted by Crippen LogP contribution is 2.43. The Kier molecular flexibility index (Phi) is 8.15. The summed E-state index contributed by atoms with van der Waals surface area (Å²) in [5, 5.41) is 10.8. The molecule has 7 heteroatoms. The number of halogens is 1. The van der Waals surface area contributed by atoms with Crippen LogP contribution in [0.3, 0.4) is 0 Å². The lowest BCUT2D eigenvalue weighted by molar-refractivity contribution is 0.306. The molecule has 0 radical (unpaired) electrons. The Morgan fingerprint density at radius 2 is 1.35 bits per heavy atom. The van der Waals surface area contributed by atoms with Crippen LogP contribution in [0.5, 0.6) is 17.2 Å². The molecule has 1 aromatic heterocycles. The number of hydrogen-bond donors (Lipinski definition) is 0. The van der Waals surface area contributed by atoms with Crippen molar-refractivity contribution in [2.24, 2.45) is 4.99 Å². The zero-order chi connectivity index (χ0) is 27.9. The van der Waals surface area contributed by atoms with Gasteiger partial charge in [0.2, 0.25) is 5.88 Å². The van der Waals surface area contributed by atoms with Crippen LogP contribution < -0.4 is 14.2 Å². The molecule has 1 heterocycles. The smallest absolute Gasteiger partial charge is 0.238 e. The van der Waals surface area contributed by atoms with Crippen molar-refractivity contribution in [3.05, 3.63) is 119 Å². The summed E-state index contributed by atoms with van der Waals surface area (Å²) in [5.74, 6) is 2.94. The first kappa shape index (κ1) is 26.6. The van der Waals surface area contributed by atoms with Crippen molar-refractivity contribution >= 4 is 23.7 Å². The molecule has 0 aliphatic carbocycles. The number of nitrogens with zero attached hydrogens (tertiary/aromatic N) is 2. The normalized spacial score (nSPS) is 10.8. The van der Waals surface area contributed by atoms with Crippen molar-refractivity contribution in [2.45, 2.75) is 6.61 Å². The second-order valence-corrected chi connectivity index (χ2v) is 9.23. The molecule has 0 unspecified atom stereocenters. The van der Waals surface area contributed by atoms with Gasteiger partial charge in [0.25, 0.3) is 0 Å². The molecule has 0 saturated carbocycles. The Labute approximate surface area is 237 Å². The van der Waals surface area contributed by atoms with E-state index in [0.29, 0.717) is 28.5 Å². The Morgan fingerprint density at radius 1 is 0.775 bits per heavy atom. The van der Waals surface area contributed by atoms with Gasteiger partial charge in [-0.1, -0.05) is 35.9 Å². The molecule has 0 amide bonds. The molecule has 5 rings (SSSR count). The molecule has 4 aromatic carbocycles. The van der Waals surface area contributed by atoms with Gasteiger partial charge in [-0.25, -0.2) is 4.99 Å². The quantitative estimate of drug-likeness (QED) is 0.173. The number of ether oxygens (including phenoxy) is 3. The summed E-state index contributed by atoms with van der Waals surface area (Å²) >= 11 is 5.95. The van der Waals surface area contributed by atoms with Crippen LogP contribution in [0.2, 0.25) is 5.02 Å². The van der Waals surface area contributed by atoms with E-state index in [-0.39, 0.29) is 5.88 Å². The lowest BCUT2D eigenvalue weighted by Gasteiger charge is -2.06. The number of furan rings is 1. The number of hydrogen-bond acceptors (Lipinski definition) is 6. The van der Waals surface area contributed by atoms with Crippen molar-refractivity contribution < 1.29 is 18.6 Å². The zero-order valence-corrected chi connectivity index (χ0v) is 22.7. The van der Waals surface area contributed by atoms with Crippen LogP contribution in [-0.4, -0.2) is 20.4 Å². The highest BCUT2D eigenvalue weighted by molar-refractivity contribution is 6.30. The second kappa shape index (κ2) is 12.2. The van der Waals surface area contributed by atoms with Gasteiger partial charge < -0.3 is 18.6 Å². The van der Waals surface area contributed by atoms with Crippen LogP contribution in [-0.2, 0) is 6.61 Å². The summed E-state index contributed by atoms with van der Waals surface area (Å²) in [4.78, 5) is 4.56. The minimum Gasteiger partial charge on any atom is -0.497 e. The first-order valence-corrected chi connectivity index (χ1v) is 12.8. The molecule has 0 N–H and O–H groups in total. The fourth-order valence-corrected chi connectivity index (χ4v) is 4.25. The lowest BCUT2D eigenvalue weighted by atomic mass is 9.98. The van der Waals surface area contributed by atoms with E-state index in [2.05, 4.69) is 11.1 Å². The van der Waals surface area contributed by atoms with E-state index in [1.54, 1.807) is 20.4 Å². The van der Waals surface area contributed by atoms with Gasteiger partial charge in [-0.05, 0) is 89.5 Å². The van der Waals surface area contributed by atoms with E-state index in [1.165, 1.54) is 0 Å². The molecule has 0 spiro atoms. The van der Waals surface area contributed by atoms with E-state index in [1.807, 2.05) is 97.1 Å². The van der Waals surface area contributed by atoms with Gasteiger partial charge in [0.1, 0.15) is 41.2 Å². The maximum Gasteiger partial charge on any atom is 0.238 e. The summed E-state index contributed by atoms with van der Waals surface area (Å²) in [7, 11) is 3.23. The molecule has 40 heavy (non-hydrogen) atoms. The third kappa shape index (κ3) is 6.01. The third-order valence-corrected chi connectivity index (χ3v) is 6.51. The van der Waals surface area contributed by atoms with Gasteiger partial charge in [0.05, 0.1) is 14.2 Å². The van der Waals surface area contributed by atoms with Crippen molar-refractivity contribution in [1.82, 2.24) is 0 Å². The molecular formula is C33H25ClN2O4. The van der Waals surface area contributed by atoms with Gasteiger partial charge in [-0.2, -0.15) is 5.26 Å². The maximum atomic E-state index is 10.2. The number of methoxy groups -OCH3 is 2. The van der Waals surface area contributed by atoms with Gasteiger partial charge in [0, 0.05) is 22.4 Å². The van der Waals surface area contributed by atoms with E-state index in [0.717, 1.165) is 39.5 Å². The Hall–Kier alpha value is -4.99. The zero-order valence-electron chi connectivity index (χ0n) is 21.9. The summed E-state index contributed by atoms with van der Waals surface area (Å²) in [6.45, 7) is 0.435. The first-order valence-electron chi connectivity index (χ1n) is 12.4. The molecule has 198 valence electrons. The molecular weight excluding hydrogens is 524 g/mol. The monoisotopic (exact) mass is 548 g/mol. The number of benzene rings is 4. The summed E-state index contributed by atoms with van der Waals surface area (Å²) < 4.78 is 22.7. The molecule has 0 aliphatic heterocycles. The number of nitriles is 1. The van der Waals surface area contributed by atoms with Crippen molar-refractivity contribution in [1.29, 1.82) is 5.26 Å². The van der Waals surface area contributed by atoms with Crippen molar-refractivity contribution in [2.75, 3.05) is 14.2 Å². The van der Waals surface area contributed by atoms with Gasteiger partial charge in [0.15, 0.2) is 0 Å². The molecule has 0 saturated heterocycles. The highest BCUT2D eigenvalue weighted by Gasteiger charge is 2.23. The van der Waals surface area contributed by atoms with Crippen LogP contribution >= 0.6 is 11.6 Å². The average molecular weight is 549 g/mol. The van der Waals surface area contributed by atoms with Crippen molar-refractivity contribution in [3.8, 4) is 45.8 Å². The molecule has 0 aliphatic rings. The van der Waals surface area contributed by atoms with Crippen LogP contribution in [0, 0.1) is 11.3 Å². The Morgan fingerprint density at radius 3 is 1.93 bits per heavy atom. The van der Waals surface area contributed by atoms with Gasteiger partial charge in [-0.15, -0.1) is 0 Å². The summed E-state index contributed by atoms with van der Waals surface area (Å²) in [5.41, 5.74) is 4.47. The fourth-order valence-electron chi connectivity index (χ4n) is 4.12. The third-order valence-electron chi connectivity index (χ3n) is 6.26. The van der Waals surface area contributed by atoms with E-state index < -0.39 is 0 Å². The number of rotatable bonds is 9. The van der Waals surface area contributed by atoms with E-state index >= 15 is 0 Å². The van der Waals surface area contributed by atoms with Crippen LogP contribution in [0.4, 0.5) is 5.88 Å². The molecule has 0 bridgehead atoms. The summed E-state index contributed by atoms with van der Waals surface area (Å²) in [6, 6.07) is 32.3. The van der Waals surface area contributed by atoms with Crippen molar-refractivity contribution in [3.63, 3.8) is 0 Å². The standard InChI is InChI=1S/C33H25ClN2O4/c1-37-27-15-7-24(8-16-27)31-30(19-35)33(40-32(31)25-9-17-28(38-2)18-10-25)36-20-22-5-13-29(14-6-22)39-21-23-3-11-26(34)12-4-23/h3-18,20H,21H2,1-2H3. The Bertz CT molecular complexity index is 1650. The van der Waals surface area contributed by atoms with Crippen LogP contribution in [0.25, 0.3) is 22.5 Å². The predicted molar refractivity (Wildman–Crippen MR) is 157 cm³/mol. The van der Waals surface area contributed by atoms with E-state index in [9.17, 15) is 5.26 Å². The topological polar surface area (TPSA) is 77.0 Å². The SMILES string of the molecule is COc1ccc(-c2oc(N=Cc3ccc(OCc4ccc(Cl)cc4)cc3)c(C#N)c2-c2ccc(OC)cc2)cc1. The highest BCUT2D eigenvalue weighted by atomic mass is 35.5. The van der Waals surface area contributed by atoms with Gasteiger partial charge in [-0.3, -0.25) is 0 Å². The van der Waals surface area contributed by atoms with Gasteiger partial charge >= 0.3 is 0 Å². The molecule has 5 aromatic rings. The van der Waals surface area contributed by atoms with E-state index in [4.69, 9.17) is 30.2 Å². The molecule has 0 atom stereocenters. The first-order chi connectivity index (χ1) is 19.6. The largest absolute Gasteiger partial charge is 0.497 e. The molecule has 6 nitrogen and oxygen atoms in total. The predicted octanol–water partition coefficient (Wildman–Crippen LogP) is 8.49. The average Bonchev–Trinajstić information content (AvgIpc) is 3.38. The minimum atomic E-state index is 0.224. The Balaban J connectivity index is 1.43. The second-order valence-electron chi connectivity index (χ2n) is 8.80. The lowest BCUT2D eigenvalue weighted by Crippen LogP contribution is -1.95. The fraction of sp³-hybridized carbons (Fsp3) is 0.0909. The molecule has 0 fully saturated rings. The summed E-state index contributed by atoms with van der Waals surface area (Å²) in [6.07, 6.45) is 1.66. The van der Waals surface area contributed by atoms with Crippen LogP contribution in [0.15, 0.2) is 106 Å². The number of aliphatic imine (C=N–C) groups is 1. The minimum absolute atomic E-state index is 0.224. The van der Waals surface area contributed by atoms with Crippen LogP contribution in [0.1, 0.15) is 16.7 Å². The maximum absolute atomic E-state index is 10.2.